The van der Waals surface area contributed by atoms with Gasteiger partial charge < -0.3 is 0 Å². The molecule has 1 aliphatic carbocycles. The van der Waals surface area contributed by atoms with Gasteiger partial charge in [0.05, 0.1) is 0 Å². The smallest absolute Gasteiger partial charge is 0.0361 e. The molecule has 2 heterocycles. The molecule has 0 nitrogen and oxygen atoms in total. The Kier molecular flexibility index (Phi) is 5.97. The maximum Gasteiger partial charge on any atom is 0.0361 e. The van der Waals surface area contributed by atoms with Crippen molar-refractivity contribution in [3.8, 4) is 33.4 Å². The van der Waals surface area contributed by atoms with Crippen LogP contribution in [0.2, 0.25) is 0 Å². The Balaban J connectivity index is 1.10. The SMILES string of the molecule is CC1(C)c2ccc(-c3c4ccccc4c(-c4ccc5sc6ccccc6c5c4)c4ccccc34)cc2-c2cc3ccc4sc5ccccc5c4c3cc21. The topological polar surface area (TPSA) is 0 Å². The van der Waals surface area contributed by atoms with Crippen LogP contribution in [-0.4, -0.2) is 0 Å². The number of rotatable bonds is 2. The summed E-state index contributed by atoms with van der Waals surface area (Å²) >= 11 is 3.78. The fraction of sp³-hybridized carbons (Fsp3) is 0.0588. The zero-order valence-electron chi connectivity index (χ0n) is 29.3. The third-order valence-corrected chi connectivity index (χ3v) is 14.3. The summed E-state index contributed by atoms with van der Waals surface area (Å²) in [4.78, 5) is 0. The molecule has 0 saturated heterocycles. The van der Waals surface area contributed by atoms with Crippen molar-refractivity contribution in [1.82, 2.24) is 0 Å². The highest BCUT2D eigenvalue weighted by molar-refractivity contribution is 7.26. The minimum atomic E-state index is -0.107. The maximum atomic E-state index is 2.51. The van der Waals surface area contributed by atoms with E-state index >= 15 is 0 Å². The van der Waals surface area contributed by atoms with E-state index in [4.69, 9.17) is 0 Å². The van der Waals surface area contributed by atoms with Crippen molar-refractivity contribution in [1.29, 1.82) is 0 Å². The molecule has 0 aliphatic heterocycles. The van der Waals surface area contributed by atoms with Gasteiger partial charge in [0, 0.05) is 45.8 Å². The van der Waals surface area contributed by atoms with Crippen molar-refractivity contribution < 1.29 is 0 Å². The van der Waals surface area contributed by atoms with Crippen LogP contribution in [0.25, 0.3) is 106 Å². The van der Waals surface area contributed by atoms with Gasteiger partial charge in [0.2, 0.25) is 0 Å². The van der Waals surface area contributed by atoms with Crippen LogP contribution in [-0.2, 0) is 5.41 Å². The minimum absolute atomic E-state index is 0.107. The fourth-order valence-corrected chi connectivity index (χ4v) is 11.8. The van der Waals surface area contributed by atoms with E-state index in [0.717, 1.165) is 0 Å². The highest BCUT2D eigenvalue weighted by Gasteiger charge is 2.36. The van der Waals surface area contributed by atoms with Crippen molar-refractivity contribution in [3.63, 3.8) is 0 Å². The molecule has 0 saturated carbocycles. The molecular weight excluding hydrogens is 677 g/mol. The van der Waals surface area contributed by atoms with Crippen LogP contribution < -0.4 is 0 Å². The number of hydrogen-bond acceptors (Lipinski definition) is 2. The van der Waals surface area contributed by atoms with Gasteiger partial charge in [0.1, 0.15) is 0 Å². The summed E-state index contributed by atoms with van der Waals surface area (Å²) in [5, 5.41) is 13.3. The van der Waals surface area contributed by atoms with Gasteiger partial charge in [-0.25, -0.2) is 0 Å². The van der Waals surface area contributed by atoms with Gasteiger partial charge >= 0.3 is 0 Å². The molecule has 0 bridgehead atoms. The van der Waals surface area contributed by atoms with Gasteiger partial charge in [-0.05, 0) is 125 Å². The van der Waals surface area contributed by atoms with Crippen LogP contribution in [0.4, 0.5) is 0 Å². The molecule has 0 fully saturated rings. The van der Waals surface area contributed by atoms with Crippen LogP contribution >= 0.6 is 22.7 Å². The van der Waals surface area contributed by atoms with E-state index in [9.17, 15) is 0 Å². The summed E-state index contributed by atoms with van der Waals surface area (Å²) in [6.45, 7) is 4.81. The molecule has 0 amide bonds. The second-order valence-corrected chi connectivity index (χ2v) is 17.4. The largest absolute Gasteiger partial charge is 0.135 e. The van der Waals surface area contributed by atoms with E-state index < -0.39 is 0 Å². The molecule has 1 aliphatic rings. The maximum absolute atomic E-state index is 2.51. The lowest BCUT2D eigenvalue weighted by molar-refractivity contribution is 0.661. The summed E-state index contributed by atoms with van der Waals surface area (Å²) in [5.41, 5.74) is 10.6. The first kappa shape index (κ1) is 29.7. The van der Waals surface area contributed by atoms with E-state index in [0.29, 0.717) is 0 Å². The molecule has 9 aromatic carbocycles. The lowest BCUT2D eigenvalue weighted by Gasteiger charge is -2.22. The molecule has 0 unspecified atom stereocenters. The quantitative estimate of drug-likeness (QED) is 0.157. The molecule has 12 rings (SSSR count). The van der Waals surface area contributed by atoms with Crippen LogP contribution in [0, 0.1) is 0 Å². The monoisotopic (exact) mass is 708 g/mol. The van der Waals surface area contributed by atoms with Gasteiger partial charge in [-0.3, -0.25) is 0 Å². The second-order valence-electron chi connectivity index (χ2n) is 15.2. The van der Waals surface area contributed by atoms with E-state index in [-0.39, 0.29) is 5.41 Å². The van der Waals surface area contributed by atoms with Crippen molar-refractivity contribution in [3.05, 3.63) is 169 Å². The van der Waals surface area contributed by atoms with E-state index in [1.54, 1.807) is 0 Å². The third-order valence-electron chi connectivity index (χ3n) is 12.0. The Morgan fingerprint density at radius 3 is 1.57 bits per heavy atom. The van der Waals surface area contributed by atoms with Crippen molar-refractivity contribution >= 4 is 95.3 Å². The molecule has 0 radical (unpaired) electrons. The molecule has 248 valence electrons. The minimum Gasteiger partial charge on any atom is -0.135 e. The summed E-state index contributed by atoms with van der Waals surface area (Å²) in [7, 11) is 0. The molecule has 11 aromatic rings. The normalized spacial score (nSPS) is 13.6. The van der Waals surface area contributed by atoms with Gasteiger partial charge in [-0.1, -0.05) is 123 Å². The van der Waals surface area contributed by atoms with E-state index in [1.165, 1.54) is 117 Å². The summed E-state index contributed by atoms with van der Waals surface area (Å²) in [6.07, 6.45) is 0. The van der Waals surface area contributed by atoms with Crippen molar-refractivity contribution in [2.45, 2.75) is 19.3 Å². The standard InChI is InChI=1S/C51H32S2/c1-51(2)42-22-19-30(26-39(42)40-25-29-20-24-47-50(38(29)28-43(40)51)37-16-8-10-18-45(37)53-47)48-33-12-3-5-14-35(33)49(36-15-6-4-13-34(36)48)31-21-23-46-41(27-31)32-11-7-9-17-44(32)52-46/h3-28H,1-2H3. The first-order valence-corrected chi connectivity index (χ1v) is 20.1. The van der Waals surface area contributed by atoms with Crippen LogP contribution in [0.1, 0.15) is 25.0 Å². The molecule has 2 aromatic heterocycles. The fourth-order valence-electron chi connectivity index (χ4n) is 9.58. The van der Waals surface area contributed by atoms with Crippen molar-refractivity contribution in [2.24, 2.45) is 0 Å². The Morgan fingerprint density at radius 1 is 0.358 bits per heavy atom. The summed E-state index contributed by atoms with van der Waals surface area (Å²) in [5.74, 6) is 0. The second kappa shape index (κ2) is 10.6. The number of thiophene rings is 2. The highest BCUT2D eigenvalue weighted by Crippen LogP contribution is 2.53. The first-order chi connectivity index (χ1) is 26.0. The summed E-state index contributed by atoms with van der Waals surface area (Å²) in [6, 6.07) is 59.8. The Hall–Kier alpha value is -5.80. The molecule has 53 heavy (non-hydrogen) atoms. The lowest BCUT2D eigenvalue weighted by Crippen LogP contribution is -2.14. The zero-order chi connectivity index (χ0) is 35.0. The molecule has 2 heteroatoms. The molecule has 0 atom stereocenters. The van der Waals surface area contributed by atoms with Crippen LogP contribution in [0.3, 0.4) is 0 Å². The lowest BCUT2D eigenvalue weighted by atomic mass is 9.81. The van der Waals surface area contributed by atoms with Gasteiger partial charge in [-0.2, -0.15) is 0 Å². The molecule has 0 N–H and O–H groups in total. The number of benzene rings is 9. The average Bonchev–Trinajstić information content (AvgIpc) is 3.83. The predicted octanol–water partition coefficient (Wildman–Crippen LogP) is 15.5. The molecule has 0 spiro atoms. The number of hydrogen-bond donors (Lipinski definition) is 0. The van der Waals surface area contributed by atoms with Gasteiger partial charge in [-0.15, -0.1) is 22.7 Å². The Labute approximate surface area is 315 Å². The van der Waals surface area contributed by atoms with E-state index in [1.807, 2.05) is 22.7 Å². The Bertz CT molecular complexity index is 3310. The van der Waals surface area contributed by atoms with Crippen molar-refractivity contribution in [2.75, 3.05) is 0 Å². The molecular formula is C51H32S2. The highest BCUT2D eigenvalue weighted by atomic mass is 32.1. The van der Waals surface area contributed by atoms with Gasteiger partial charge in [0.25, 0.3) is 0 Å². The third kappa shape index (κ3) is 4.05. The van der Waals surface area contributed by atoms with E-state index in [2.05, 4.69) is 172 Å². The van der Waals surface area contributed by atoms with Crippen LogP contribution in [0.15, 0.2) is 158 Å². The summed E-state index contributed by atoms with van der Waals surface area (Å²) < 4.78 is 5.39. The average molecular weight is 709 g/mol. The van der Waals surface area contributed by atoms with Gasteiger partial charge in [0.15, 0.2) is 0 Å². The first-order valence-electron chi connectivity index (χ1n) is 18.4. The van der Waals surface area contributed by atoms with Crippen LogP contribution in [0.5, 0.6) is 0 Å². The predicted molar refractivity (Wildman–Crippen MR) is 233 cm³/mol. The number of fused-ring (bicyclic) bond motifs is 13. The Morgan fingerprint density at radius 2 is 0.868 bits per heavy atom. The zero-order valence-corrected chi connectivity index (χ0v) is 31.0.